The number of rotatable bonds is 4. The quantitative estimate of drug-likeness (QED) is 0.920. The van der Waals surface area contributed by atoms with Crippen LogP contribution in [-0.4, -0.2) is 48.6 Å². The molecule has 3 atom stereocenters. The van der Waals surface area contributed by atoms with Crippen molar-refractivity contribution in [3.63, 3.8) is 0 Å². The Morgan fingerprint density at radius 1 is 1.42 bits per heavy atom. The van der Waals surface area contributed by atoms with Crippen molar-refractivity contribution in [1.29, 1.82) is 0 Å². The average molecular weight is 281 g/mol. The summed E-state index contributed by atoms with van der Waals surface area (Å²) in [5, 5.41) is 0. The van der Waals surface area contributed by atoms with Crippen molar-refractivity contribution in [2.75, 3.05) is 26.7 Å². The van der Waals surface area contributed by atoms with Gasteiger partial charge in [0, 0.05) is 41.5 Å². The van der Waals surface area contributed by atoms with Gasteiger partial charge in [-0.25, -0.2) is 0 Å². The normalized spacial score (nSPS) is 25.4. The SMILES string of the molecule is CCC1CN(C(c2ccc(C)s2)C(C)N)CCN1C. The maximum atomic E-state index is 6.28. The molecule has 0 aliphatic carbocycles. The molecule has 1 aliphatic rings. The van der Waals surface area contributed by atoms with E-state index >= 15 is 0 Å². The minimum Gasteiger partial charge on any atom is -0.326 e. The van der Waals surface area contributed by atoms with E-state index in [1.807, 2.05) is 11.3 Å². The van der Waals surface area contributed by atoms with E-state index in [-0.39, 0.29) is 6.04 Å². The molecule has 3 nitrogen and oxygen atoms in total. The summed E-state index contributed by atoms with van der Waals surface area (Å²) in [6.45, 7) is 9.99. The van der Waals surface area contributed by atoms with Crippen LogP contribution < -0.4 is 5.73 Å². The minimum absolute atomic E-state index is 0.180. The van der Waals surface area contributed by atoms with Crippen LogP contribution in [-0.2, 0) is 0 Å². The molecule has 19 heavy (non-hydrogen) atoms. The van der Waals surface area contributed by atoms with E-state index in [0.717, 1.165) is 19.6 Å². The molecule has 1 aromatic heterocycles. The highest BCUT2D eigenvalue weighted by Gasteiger charge is 2.31. The molecule has 3 unspecified atom stereocenters. The molecule has 0 radical (unpaired) electrons. The van der Waals surface area contributed by atoms with Crippen molar-refractivity contribution in [2.45, 2.75) is 45.3 Å². The third-order valence-electron chi connectivity index (χ3n) is 4.22. The second-order valence-electron chi connectivity index (χ2n) is 5.79. The zero-order chi connectivity index (χ0) is 14.0. The molecule has 4 heteroatoms. The van der Waals surface area contributed by atoms with Crippen LogP contribution in [0.2, 0.25) is 0 Å². The second kappa shape index (κ2) is 6.35. The van der Waals surface area contributed by atoms with Gasteiger partial charge in [-0.3, -0.25) is 4.90 Å². The third kappa shape index (κ3) is 3.37. The van der Waals surface area contributed by atoms with E-state index in [4.69, 9.17) is 5.73 Å². The molecule has 2 heterocycles. The van der Waals surface area contributed by atoms with Crippen LogP contribution >= 0.6 is 11.3 Å². The molecule has 2 rings (SSSR count). The van der Waals surface area contributed by atoms with Crippen LogP contribution in [0.5, 0.6) is 0 Å². The highest BCUT2D eigenvalue weighted by molar-refractivity contribution is 7.12. The monoisotopic (exact) mass is 281 g/mol. The summed E-state index contributed by atoms with van der Waals surface area (Å²) in [5.74, 6) is 0. The smallest absolute Gasteiger partial charge is 0.0591 e. The molecular weight excluding hydrogens is 254 g/mol. The lowest BCUT2D eigenvalue weighted by Gasteiger charge is -2.43. The van der Waals surface area contributed by atoms with E-state index in [1.54, 1.807) is 0 Å². The molecule has 0 aromatic carbocycles. The summed E-state index contributed by atoms with van der Waals surface area (Å²) in [4.78, 5) is 7.87. The fraction of sp³-hybridized carbons (Fsp3) is 0.733. The van der Waals surface area contributed by atoms with Crippen LogP contribution in [0, 0.1) is 6.92 Å². The van der Waals surface area contributed by atoms with Crippen LogP contribution in [0.1, 0.15) is 36.1 Å². The summed E-state index contributed by atoms with van der Waals surface area (Å²) in [7, 11) is 2.24. The summed E-state index contributed by atoms with van der Waals surface area (Å²) in [6.07, 6.45) is 1.21. The topological polar surface area (TPSA) is 32.5 Å². The Morgan fingerprint density at radius 2 is 2.16 bits per heavy atom. The third-order valence-corrected chi connectivity index (χ3v) is 5.30. The number of thiophene rings is 1. The predicted molar refractivity (Wildman–Crippen MR) is 83.7 cm³/mol. The van der Waals surface area contributed by atoms with Crippen LogP contribution in [0.25, 0.3) is 0 Å². The number of nitrogens with zero attached hydrogens (tertiary/aromatic N) is 2. The maximum absolute atomic E-state index is 6.28. The van der Waals surface area contributed by atoms with Gasteiger partial charge in [0.1, 0.15) is 0 Å². The van der Waals surface area contributed by atoms with Crippen molar-refractivity contribution >= 4 is 11.3 Å². The number of hydrogen-bond acceptors (Lipinski definition) is 4. The van der Waals surface area contributed by atoms with E-state index in [0.29, 0.717) is 12.1 Å². The fourth-order valence-corrected chi connectivity index (χ4v) is 4.18. The van der Waals surface area contributed by atoms with Gasteiger partial charge in [0.25, 0.3) is 0 Å². The summed E-state index contributed by atoms with van der Waals surface area (Å²) < 4.78 is 0. The van der Waals surface area contributed by atoms with Crippen LogP contribution in [0.4, 0.5) is 0 Å². The van der Waals surface area contributed by atoms with Gasteiger partial charge in [0.2, 0.25) is 0 Å². The van der Waals surface area contributed by atoms with Crippen molar-refractivity contribution in [3.05, 3.63) is 21.9 Å². The molecule has 1 aliphatic heterocycles. The first kappa shape index (κ1) is 15.0. The summed E-state index contributed by atoms with van der Waals surface area (Å²) in [5.41, 5.74) is 6.28. The largest absolute Gasteiger partial charge is 0.326 e. The molecular formula is C15H27N3S. The van der Waals surface area contributed by atoms with E-state index in [2.05, 4.69) is 49.8 Å². The molecule has 0 saturated carbocycles. The Balaban J connectivity index is 2.16. The highest BCUT2D eigenvalue weighted by Crippen LogP contribution is 2.31. The Labute approximate surface area is 121 Å². The highest BCUT2D eigenvalue weighted by atomic mass is 32.1. The summed E-state index contributed by atoms with van der Waals surface area (Å²) >= 11 is 1.89. The minimum atomic E-state index is 0.180. The lowest BCUT2D eigenvalue weighted by Crippen LogP contribution is -2.54. The van der Waals surface area contributed by atoms with Gasteiger partial charge in [-0.2, -0.15) is 0 Å². The van der Waals surface area contributed by atoms with Gasteiger partial charge in [-0.05, 0) is 39.4 Å². The molecule has 0 spiro atoms. The first-order valence-corrected chi connectivity index (χ1v) is 8.10. The zero-order valence-corrected chi connectivity index (χ0v) is 13.4. The number of aryl methyl sites for hydroxylation is 1. The van der Waals surface area contributed by atoms with Gasteiger partial charge >= 0.3 is 0 Å². The molecule has 2 N–H and O–H groups in total. The number of likely N-dealkylation sites (N-methyl/N-ethyl adjacent to an activating group) is 1. The van der Waals surface area contributed by atoms with Crippen molar-refractivity contribution in [1.82, 2.24) is 9.80 Å². The van der Waals surface area contributed by atoms with E-state index < -0.39 is 0 Å². The van der Waals surface area contributed by atoms with Gasteiger partial charge in [0.15, 0.2) is 0 Å². The molecule has 1 saturated heterocycles. The van der Waals surface area contributed by atoms with E-state index in [9.17, 15) is 0 Å². The van der Waals surface area contributed by atoms with Crippen LogP contribution in [0.3, 0.4) is 0 Å². The van der Waals surface area contributed by atoms with Gasteiger partial charge < -0.3 is 10.6 Å². The lowest BCUT2D eigenvalue weighted by molar-refractivity contribution is 0.0561. The Kier molecular flexibility index (Phi) is 5.01. The lowest BCUT2D eigenvalue weighted by atomic mass is 10.0. The molecule has 0 amide bonds. The molecule has 1 aromatic rings. The number of hydrogen-bond donors (Lipinski definition) is 1. The van der Waals surface area contributed by atoms with Crippen molar-refractivity contribution in [2.24, 2.45) is 5.73 Å². The van der Waals surface area contributed by atoms with E-state index in [1.165, 1.54) is 16.2 Å². The standard InChI is InChI=1S/C15H27N3S/c1-5-13-10-18(9-8-17(13)4)15(12(3)16)14-7-6-11(2)19-14/h6-7,12-13,15H,5,8-10,16H2,1-4H3. The first-order chi connectivity index (χ1) is 9.02. The second-order valence-corrected chi connectivity index (χ2v) is 7.11. The molecule has 0 bridgehead atoms. The first-order valence-electron chi connectivity index (χ1n) is 7.29. The average Bonchev–Trinajstić information content (AvgIpc) is 2.77. The Bertz CT molecular complexity index is 402. The van der Waals surface area contributed by atoms with Gasteiger partial charge in [0.05, 0.1) is 6.04 Å². The fourth-order valence-electron chi connectivity index (χ4n) is 3.05. The van der Waals surface area contributed by atoms with Crippen molar-refractivity contribution in [3.8, 4) is 0 Å². The molecule has 1 fully saturated rings. The zero-order valence-electron chi connectivity index (χ0n) is 12.6. The Morgan fingerprint density at radius 3 is 2.68 bits per heavy atom. The number of piperazine rings is 1. The summed E-state index contributed by atoms with van der Waals surface area (Å²) in [6, 6.07) is 5.69. The number of nitrogens with two attached hydrogens (primary N) is 1. The maximum Gasteiger partial charge on any atom is 0.0591 e. The van der Waals surface area contributed by atoms with Crippen LogP contribution in [0.15, 0.2) is 12.1 Å². The Hall–Kier alpha value is -0.420. The molecule has 108 valence electrons. The van der Waals surface area contributed by atoms with Gasteiger partial charge in [-0.15, -0.1) is 11.3 Å². The van der Waals surface area contributed by atoms with Gasteiger partial charge in [-0.1, -0.05) is 6.92 Å². The predicted octanol–water partition coefficient (Wildman–Crippen LogP) is 2.47. The van der Waals surface area contributed by atoms with Crippen molar-refractivity contribution < 1.29 is 0 Å².